The number of aliphatic carboxylic acids is 1. The molecule has 2 unspecified atom stereocenters. The molecule has 1 N–H and O–H groups in total. The van der Waals surface area contributed by atoms with E-state index in [4.69, 9.17) is 5.11 Å². The van der Waals surface area contributed by atoms with Gasteiger partial charge in [-0.3, -0.25) is 9.59 Å². The number of amides is 1. The molecule has 0 bridgehead atoms. The van der Waals surface area contributed by atoms with Gasteiger partial charge in [0.05, 0.1) is 29.9 Å². The Morgan fingerprint density at radius 2 is 2.00 bits per heavy atom. The third kappa shape index (κ3) is 3.49. The maximum atomic E-state index is 12.5. The molecule has 0 saturated carbocycles. The minimum Gasteiger partial charge on any atom is -0.481 e. The Kier molecular flexibility index (Phi) is 4.33. The van der Waals surface area contributed by atoms with Gasteiger partial charge in [-0.15, -0.1) is 0 Å². The van der Waals surface area contributed by atoms with Gasteiger partial charge in [-0.25, -0.2) is 8.42 Å². The van der Waals surface area contributed by atoms with E-state index >= 15 is 0 Å². The highest BCUT2D eigenvalue weighted by Crippen LogP contribution is 2.22. The van der Waals surface area contributed by atoms with Gasteiger partial charge in [0.25, 0.3) is 0 Å². The van der Waals surface area contributed by atoms with Gasteiger partial charge in [-0.1, -0.05) is 0 Å². The molecule has 8 heteroatoms. The van der Waals surface area contributed by atoms with Crippen LogP contribution in [0.4, 0.5) is 0 Å². The highest BCUT2D eigenvalue weighted by atomic mass is 32.2. The van der Waals surface area contributed by atoms with Crippen molar-refractivity contribution in [3.63, 3.8) is 0 Å². The Bertz CT molecular complexity index is 504. The maximum absolute atomic E-state index is 12.5. The summed E-state index contributed by atoms with van der Waals surface area (Å²) in [6, 6.07) is -0.732. The lowest BCUT2D eigenvalue weighted by atomic mass is 10.1. The lowest BCUT2D eigenvalue weighted by Crippen LogP contribution is -2.53. The summed E-state index contributed by atoms with van der Waals surface area (Å²) >= 11 is 0. The molecule has 2 saturated heterocycles. The van der Waals surface area contributed by atoms with Gasteiger partial charge in [-0.05, 0) is 20.0 Å². The Morgan fingerprint density at radius 3 is 2.55 bits per heavy atom. The summed E-state index contributed by atoms with van der Waals surface area (Å²) in [5.41, 5.74) is 0. The second-order valence-electron chi connectivity index (χ2n) is 5.65. The lowest BCUT2D eigenvalue weighted by molar-refractivity contribution is -0.141. The molecule has 7 nitrogen and oxygen atoms in total. The van der Waals surface area contributed by atoms with Crippen molar-refractivity contribution in [2.45, 2.75) is 18.9 Å². The molecule has 2 rings (SSSR count). The van der Waals surface area contributed by atoms with Crippen LogP contribution in [-0.4, -0.2) is 79.4 Å². The van der Waals surface area contributed by atoms with Crippen molar-refractivity contribution in [1.82, 2.24) is 9.80 Å². The predicted molar refractivity (Wildman–Crippen MR) is 72.0 cm³/mol. The zero-order chi connectivity index (χ0) is 14.9. The van der Waals surface area contributed by atoms with Gasteiger partial charge in [0.1, 0.15) is 0 Å². The zero-order valence-electron chi connectivity index (χ0n) is 11.5. The van der Waals surface area contributed by atoms with E-state index in [1.54, 1.807) is 0 Å². The van der Waals surface area contributed by atoms with Crippen LogP contribution in [0, 0.1) is 5.92 Å². The van der Waals surface area contributed by atoms with Gasteiger partial charge >= 0.3 is 5.97 Å². The van der Waals surface area contributed by atoms with Crippen molar-refractivity contribution in [2.24, 2.45) is 5.92 Å². The fourth-order valence-corrected chi connectivity index (χ4v) is 4.44. The van der Waals surface area contributed by atoms with Gasteiger partial charge in [0, 0.05) is 13.1 Å². The SMILES string of the molecule is CN1CCC(C(=O)N2CCS(=O)(=O)CC2CC(=O)O)C1. The molecule has 0 aliphatic carbocycles. The van der Waals surface area contributed by atoms with E-state index in [9.17, 15) is 18.0 Å². The Balaban J connectivity index is 2.11. The van der Waals surface area contributed by atoms with Crippen LogP contribution in [0.2, 0.25) is 0 Å². The van der Waals surface area contributed by atoms with Crippen molar-refractivity contribution in [1.29, 1.82) is 0 Å². The number of nitrogens with zero attached hydrogens (tertiary/aromatic N) is 2. The molecule has 2 atom stereocenters. The number of carboxylic acid groups (broad SMARTS) is 1. The summed E-state index contributed by atoms with van der Waals surface area (Å²) in [4.78, 5) is 26.9. The van der Waals surface area contributed by atoms with E-state index in [1.807, 2.05) is 7.05 Å². The molecular formula is C12H20N2O5S. The van der Waals surface area contributed by atoms with Crippen LogP contribution >= 0.6 is 0 Å². The Labute approximate surface area is 118 Å². The largest absolute Gasteiger partial charge is 0.481 e. The number of carbonyl (C=O) groups excluding carboxylic acids is 1. The van der Waals surface area contributed by atoms with Crippen LogP contribution in [-0.2, 0) is 19.4 Å². The van der Waals surface area contributed by atoms with Crippen LogP contribution in [0.25, 0.3) is 0 Å². The first-order valence-corrected chi connectivity index (χ1v) is 8.52. The third-order valence-corrected chi connectivity index (χ3v) is 5.66. The Hall–Kier alpha value is -1.15. The highest BCUT2D eigenvalue weighted by Gasteiger charge is 2.39. The molecule has 2 aliphatic heterocycles. The molecule has 0 aromatic carbocycles. The average molecular weight is 304 g/mol. The summed E-state index contributed by atoms with van der Waals surface area (Å²) in [5, 5.41) is 8.90. The topological polar surface area (TPSA) is 95.0 Å². The second kappa shape index (κ2) is 5.69. The van der Waals surface area contributed by atoms with Crippen LogP contribution in [0.1, 0.15) is 12.8 Å². The van der Waals surface area contributed by atoms with Crippen LogP contribution < -0.4 is 0 Å². The van der Waals surface area contributed by atoms with Crippen LogP contribution in [0.15, 0.2) is 0 Å². The molecule has 0 aromatic rings. The quantitative estimate of drug-likeness (QED) is 0.721. The molecule has 2 aliphatic rings. The summed E-state index contributed by atoms with van der Waals surface area (Å²) < 4.78 is 23.3. The smallest absolute Gasteiger partial charge is 0.305 e. The number of sulfone groups is 1. The van der Waals surface area contributed by atoms with E-state index in [1.165, 1.54) is 4.90 Å². The van der Waals surface area contributed by atoms with Crippen molar-refractivity contribution in [2.75, 3.05) is 38.2 Å². The van der Waals surface area contributed by atoms with Crippen molar-refractivity contribution in [3.05, 3.63) is 0 Å². The maximum Gasteiger partial charge on any atom is 0.305 e. The zero-order valence-corrected chi connectivity index (χ0v) is 12.3. The number of hydrogen-bond acceptors (Lipinski definition) is 5. The van der Waals surface area contributed by atoms with Gasteiger partial charge in [0.15, 0.2) is 9.84 Å². The van der Waals surface area contributed by atoms with Gasteiger partial charge in [-0.2, -0.15) is 0 Å². The molecule has 0 radical (unpaired) electrons. The molecule has 20 heavy (non-hydrogen) atoms. The Morgan fingerprint density at radius 1 is 1.30 bits per heavy atom. The standard InChI is InChI=1S/C12H20N2O5S/c1-13-3-2-9(7-13)12(17)14-4-5-20(18,19)8-10(14)6-11(15)16/h9-10H,2-8H2,1H3,(H,15,16). The molecule has 2 fully saturated rings. The normalized spacial score (nSPS) is 30.4. The third-order valence-electron chi connectivity index (χ3n) is 3.96. The minimum absolute atomic E-state index is 0.0720. The van der Waals surface area contributed by atoms with E-state index in [0.29, 0.717) is 6.54 Å². The van der Waals surface area contributed by atoms with E-state index in [-0.39, 0.29) is 36.3 Å². The van der Waals surface area contributed by atoms with Gasteiger partial charge < -0.3 is 14.9 Å². The van der Waals surface area contributed by atoms with Crippen molar-refractivity contribution in [3.8, 4) is 0 Å². The number of likely N-dealkylation sites (tertiary alicyclic amines) is 1. The summed E-state index contributed by atoms with van der Waals surface area (Å²) in [6.07, 6.45) is 0.436. The van der Waals surface area contributed by atoms with E-state index in [2.05, 4.69) is 4.90 Å². The molecule has 2 heterocycles. The van der Waals surface area contributed by atoms with E-state index in [0.717, 1.165) is 13.0 Å². The van der Waals surface area contributed by atoms with Gasteiger partial charge in [0.2, 0.25) is 5.91 Å². The first-order valence-electron chi connectivity index (χ1n) is 6.70. The second-order valence-corrected chi connectivity index (χ2v) is 7.87. The van der Waals surface area contributed by atoms with Crippen LogP contribution in [0.3, 0.4) is 0 Å². The number of rotatable bonds is 3. The molecule has 0 aromatic heterocycles. The minimum atomic E-state index is -3.25. The first-order chi connectivity index (χ1) is 9.28. The lowest BCUT2D eigenvalue weighted by Gasteiger charge is -2.36. The number of carbonyl (C=O) groups is 2. The van der Waals surface area contributed by atoms with Crippen molar-refractivity contribution < 1.29 is 23.1 Å². The summed E-state index contributed by atoms with van der Waals surface area (Å²) in [5.74, 6) is -1.63. The number of carboxylic acids is 1. The molecule has 0 spiro atoms. The molecule has 1 amide bonds. The summed E-state index contributed by atoms with van der Waals surface area (Å²) in [6.45, 7) is 1.60. The monoisotopic (exact) mass is 304 g/mol. The van der Waals surface area contributed by atoms with Crippen molar-refractivity contribution >= 4 is 21.7 Å². The van der Waals surface area contributed by atoms with Crippen LogP contribution in [0.5, 0.6) is 0 Å². The number of hydrogen-bond donors (Lipinski definition) is 1. The molecular weight excluding hydrogens is 284 g/mol. The van der Waals surface area contributed by atoms with E-state index < -0.39 is 21.8 Å². The molecule has 114 valence electrons. The average Bonchev–Trinajstić information content (AvgIpc) is 2.73. The fourth-order valence-electron chi connectivity index (χ4n) is 2.92. The fraction of sp³-hybridized carbons (Fsp3) is 0.833. The highest BCUT2D eigenvalue weighted by molar-refractivity contribution is 7.91. The summed E-state index contributed by atoms with van der Waals surface area (Å²) in [7, 11) is -1.31. The predicted octanol–water partition coefficient (Wildman–Crippen LogP) is -0.962. The first kappa shape index (κ1) is 15.2.